The van der Waals surface area contributed by atoms with Crippen molar-refractivity contribution in [2.24, 2.45) is 0 Å². The molecule has 0 amide bonds. The van der Waals surface area contributed by atoms with Crippen LogP contribution in [-0.2, 0) is 0 Å². The Morgan fingerprint density at radius 2 is 1.53 bits per heavy atom. The second kappa shape index (κ2) is 9.13. The highest BCUT2D eigenvalue weighted by Crippen LogP contribution is 2.30. The van der Waals surface area contributed by atoms with Crippen molar-refractivity contribution in [1.82, 2.24) is 0 Å². The lowest BCUT2D eigenvalue weighted by atomic mass is 10.0. The van der Waals surface area contributed by atoms with Gasteiger partial charge in [-0.1, -0.05) is 48.6 Å². The molecule has 0 bridgehead atoms. The van der Waals surface area contributed by atoms with Crippen molar-refractivity contribution in [1.29, 1.82) is 0 Å². The van der Waals surface area contributed by atoms with Crippen LogP contribution in [0, 0.1) is 23.3 Å². The van der Waals surface area contributed by atoms with E-state index in [0.29, 0.717) is 11.1 Å². The predicted molar refractivity (Wildman–Crippen MR) is 109 cm³/mol. The van der Waals surface area contributed by atoms with Crippen LogP contribution in [0.5, 0.6) is 5.75 Å². The SMILES string of the molecule is CCOc1ccc(-c2ccc(/C=C/c3ccc(C(C)O)c(F)c3F)cc2)c(F)c1F. The van der Waals surface area contributed by atoms with Crippen molar-refractivity contribution in [3.05, 3.63) is 88.5 Å². The van der Waals surface area contributed by atoms with Crippen LogP contribution in [0.15, 0.2) is 48.5 Å². The van der Waals surface area contributed by atoms with Gasteiger partial charge in [-0.25, -0.2) is 13.2 Å². The van der Waals surface area contributed by atoms with Crippen molar-refractivity contribution < 1.29 is 27.4 Å². The number of ether oxygens (including phenoxy) is 1. The van der Waals surface area contributed by atoms with E-state index >= 15 is 0 Å². The summed E-state index contributed by atoms with van der Waals surface area (Å²) >= 11 is 0. The lowest BCUT2D eigenvalue weighted by Gasteiger charge is -2.09. The Hall–Kier alpha value is -3.12. The number of halogens is 4. The molecule has 30 heavy (non-hydrogen) atoms. The van der Waals surface area contributed by atoms with Crippen LogP contribution in [0.3, 0.4) is 0 Å². The third-order valence-electron chi connectivity index (χ3n) is 4.62. The maximum atomic E-state index is 14.3. The van der Waals surface area contributed by atoms with Crippen LogP contribution < -0.4 is 4.74 Å². The van der Waals surface area contributed by atoms with Crippen LogP contribution in [0.1, 0.15) is 36.6 Å². The first kappa shape index (κ1) is 21.6. The van der Waals surface area contributed by atoms with Crippen molar-refractivity contribution in [2.45, 2.75) is 20.0 Å². The summed E-state index contributed by atoms with van der Waals surface area (Å²) in [7, 11) is 0. The van der Waals surface area contributed by atoms with E-state index in [0.717, 1.165) is 0 Å². The lowest BCUT2D eigenvalue weighted by molar-refractivity contribution is 0.192. The molecule has 3 aromatic carbocycles. The van der Waals surface area contributed by atoms with E-state index < -0.39 is 29.4 Å². The third-order valence-corrected chi connectivity index (χ3v) is 4.62. The molecule has 156 valence electrons. The Labute approximate surface area is 172 Å². The van der Waals surface area contributed by atoms with Gasteiger partial charge in [0.25, 0.3) is 0 Å². The number of hydrogen-bond donors (Lipinski definition) is 1. The maximum Gasteiger partial charge on any atom is 0.201 e. The van der Waals surface area contributed by atoms with Gasteiger partial charge in [0.05, 0.1) is 12.7 Å². The third kappa shape index (κ3) is 4.39. The highest BCUT2D eigenvalue weighted by molar-refractivity contribution is 5.73. The summed E-state index contributed by atoms with van der Waals surface area (Å²) in [6.45, 7) is 3.26. The number of rotatable bonds is 6. The first-order valence-corrected chi connectivity index (χ1v) is 9.38. The molecule has 0 aliphatic rings. The molecule has 3 rings (SSSR count). The molecule has 0 aromatic heterocycles. The molecular weight excluding hydrogens is 396 g/mol. The van der Waals surface area contributed by atoms with Gasteiger partial charge in [0.2, 0.25) is 5.82 Å². The molecule has 0 aliphatic carbocycles. The minimum atomic E-state index is -1.11. The van der Waals surface area contributed by atoms with Crippen LogP contribution in [0.2, 0.25) is 0 Å². The Balaban J connectivity index is 1.84. The molecule has 0 heterocycles. The van der Waals surface area contributed by atoms with Gasteiger partial charge in [0.15, 0.2) is 23.2 Å². The minimum absolute atomic E-state index is 0.0283. The smallest absolute Gasteiger partial charge is 0.201 e. The zero-order valence-corrected chi connectivity index (χ0v) is 16.4. The molecule has 0 saturated heterocycles. The molecule has 1 atom stereocenters. The van der Waals surface area contributed by atoms with Crippen LogP contribution in [-0.4, -0.2) is 11.7 Å². The van der Waals surface area contributed by atoms with E-state index in [1.807, 2.05) is 0 Å². The number of aliphatic hydroxyl groups excluding tert-OH is 1. The van der Waals surface area contributed by atoms with Crippen LogP contribution in [0.4, 0.5) is 17.6 Å². The van der Waals surface area contributed by atoms with E-state index in [2.05, 4.69) is 0 Å². The monoisotopic (exact) mass is 416 g/mol. The quantitative estimate of drug-likeness (QED) is 0.366. The summed E-state index contributed by atoms with van der Waals surface area (Å²) in [5.41, 5.74) is 1.13. The lowest BCUT2D eigenvalue weighted by Crippen LogP contribution is -2.00. The summed E-state index contributed by atoms with van der Waals surface area (Å²) in [4.78, 5) is 0. The van der Waals surface area contributed by atoms with Gasteiger partial charge in [0.1, 0.15) is 0 Å². The fraction of sp³-hybridized carbons (Fsp3) is 0.167. The summed E-state index contributed by atoms with van der Waals surface area (Å²) in [6.07, 6.45) is 1.85. The molecule has 0 radical (unpaired) electrons. The van der Waals surface area contributed by atoms with Crippen LogP contribution in [0.25, 0.3) is 23.3 Å². The molecule has 6 heteroatoms. The molecule has 3 aromatic rings. The molecule has 0 spiro atoms. The molecule has 2 nitrogen and oxygen atoms in total. The van der Waals surface area contributed by atoms with E-state index in [9.17, 15) is 22.7 Å². The first-order valence-electron chi connectivity index (χ1n) is 9.38. The molecule has 0 aliphatic heterocycles. The summed E-state index contributed by atoms with van der Waals surface area (Å²) in [5, 5.41) is 9.44. The second-order valence-electron chi connectivity index (χ2n) is 6.68. The fourth-order valence-electron chi connectivity index (χ4n) is 3.01. The van der Waals surface area contributed by atoms with E-state index in [-0.39, 0.29) is 29.0 Å². The zero-order chi connectivity index (χ0) is 21.8. The maximum absolute atomic E-state index is 14.3. The first-order chi connectivity index (χ1) is 14.3. The Morgan fingerprint density at radius 3 is 2.17 bits per heavy atom. The van der Waals surface area contributed by atoms with E-state index in [4.69, 9.17) is 4.74 Å². The van der Waals surface area contributed by atoms with Gasteiger partial charge < -0.3 is 9.84 Å². The Morgan fingerprint density at radius 1 is 0.833 bits per heavy atom. The number of aliphatic hydroxyl groups is 1. The van der Waals surface area contributed by atoms with Gasteiger partial charge in [0, 0.05) is 16.7 Å². The average Bonchev–Trinajstić information content (AvgIpc) is 2.73. The topological polar surface area (TPSA) is 29.5 Å². The number of hydrogen-bond acceptors (Lipinski definition) is 2. The van der Waals surface area contributed by atoms with Gasteiger partial charge >= 0.3 is 0 Å². The minimum Gasteiger partial charge on any atom is -0.491 e. The number of benzene rings is 3. The summed E-state index contributed by atoms with van der Waals surface area (Å²) in [5.74, 6) is -4.32. The largest absolute Gasteiger partial charge is 0.491 e. The summed E-state index contributed by atoms with van der Waals surface area (Å²) < 4.78 is 61.6. The van der Waals surface area contributed by atoms with Gasteiger partial charge in [-0.2, -0.15) is 4.39 Å². The zero-order valence-electron chi connectivity index (χ0n) is 16.4. The van der Waals surface area contributed by atoms with Crippen molar-refractivity contribution in [2.75, 3.05) is 6.61 Å². The molecular formula is C24H20F4O2. The van der Waals surface area contributed by atoms with Crippen molar-refractivity contribution in [3.63, 3.8) is 0 Å². The highest BCUT2D eigenvalue weighted by atomic mass is 19.2. The molecule has 1 unspecified atom stereocenters. The average molecular weight is 416 g/mol. The highest BCUT2D eigenvalue weighted by Gasteiger charge is 2.16. The van der Waals surface area contributed by atoms with Crippen molar-refractivity contribution >= 4 is 12.2 Å². The van der Waals surface area contributed by atoms with Crippen molar-refractivity contribution in [3.8, 4) is 16.9 Å². The Kier molecular flexibility index (Phi) is 6.57. The van der Waals surface area contributed by atoms with Gasteiger partial charge in [-0.15, -0.1) is 0 Å². The predicted octanol–water partition coefficient (Wildman–Crippen LogP) is 6.53. The van der Waals surface area contributed by atoms with Gasteiger partial charge in [-0.05, 0) is 37.1 Å². The second-order valence-corrected chi connectivity index (χ2v) is 6.68. The standard InChI is InChI=1S/C24H20F4O2/c1-3-30-20-13-12-19(23(27)24(20)28)16-7-4-15(5-8-16)6-9-17-10-11-18(14(2)29)22(26)21(17)25/h4-14,29H,3H2,1-2H3/b9-6+. The molecule has 0 fully saturated rings. The van der Waals surface area contributed by atoms with Crippen LogP contribution >= 0.6 is 0 Å². The summed E-state index contributed by atoms with van der Waals surface area (Å²) in [6, 6.07) is 12.0. The van der Waals surface area contributed by atoms with Gasteiger partial charge in [-0.3, -0.25) is 0 Å². The van der Waals surface area contributed by atoms with E-state index in [1.54, 1.807) is 37.3 Å². The molecule has 1 N–H and O–H groups in total. The normalized spacial score (nSPS) is 12.4. The van der Waals surface area contributed by atoms with E-state index in [1.165, 1.54) is 37.3 Å². The molecule has 0 saturated carbocycles. The fourth-order valence-corrected chi connectivity index (χ4v) is 3.01. The Bertz CT molecular complexity index is 1070.